The van der Waals surface area contributed by atoms with Crippen LogP contribution in [0.25, 0.3) is 11.1 Å². The number of hydrazine groups is 1. The Balaban J connectivity index is 1.30. The molecule has 3 aliphatic rings. The quantitative estimate of drug-likeness (QED) is 0.129. The summed E-state index contributed by atoms with van der Waals surface area (Å²) in [6.07, 6.45) is 0.630. The Labute approximate surface area is 308 Å². The molecule has 0 bridgehead atoms. The molecule has 11 nitrogen and oxygen atoms in total. The van der Waals surface area contributed by atoms with Crippen molar-refractivity contribution in [1.29, 1.82) is 5.26 Å². The summed E-state index contributed by atoms with van der Waals surface area (Å²) in [5.74, 6) is -4.41. The summed E-state index contributed by atoms with van der Waals surface area (Å²) in [5.41, 5.74) is -4.99. The van der Waals surface area contributed by atoms with Crippen LogP contribution in [0, 0.1) is 39.2 Å². The smallest absolute Gasteiger partial charge is 0.416 e. The third kappa shape index (κ3) is 7.26. The molecule has 3 saturated heterocycles. The first-order chi connectivity index (χ1) is 25.7. The number of fused-ring (bicyclic) bond motifs is 1. The fourth-order valence-electron chi connectivity index (χ4n) is 7.90. The number of nitriles is 1. The predicted molar refractivity (Wildman–Crippen MR) is 185 cm³/mol. The van der Waals surface area contributed by atoms with Gasteiger partial charge in [-0.1, -0.05) is 11.2 Å². The van der Waals surface area contributed by atoms with Crippen molar-refractivity contribution < 1.29 is 41.0 Å². The summed E-state index contributed by atoms with van der Waals surface area (Å²) >= 11 is 0. The molecule has 4 unspecified atom stereocenters. The summed E-state index contributed by atoms with van der Waals surface area (Å²) in [6, 6.07) is 8.05. The third-order valence-electron chi connectivity index (χ3n) is 10.9. The summed E-state index contributed by atoms with van der Waals surface area (Å²) in [7, 11) is 0. The summed E-state index contributed by atoms with van der Waals surface area (Å²) in [6.45, 7) is 4.11. The zero-order valence-corrected chi connectivity index (χ0v) is 29.7. The van der Waals surface area contributed by atoms with Gasteiger partial charge in [0.25, 0.3) is 5.91 Å². The second-order valence-corrected chi connectivity index (χ2v) is 14.3. The van der Waals surface area contributed by atoms with Crippen LogP contribution in [-0.2, 0) is 27.0 Å². The Morgan fingerprint density at radius 1 is 1.11 bits per heavy atom. The Morgan fingerprint density at radius 3 is 2.65 bits per heavy atom. The molecular formula is C38H39F5N6O5. The maximum atomic E-state index is 15.7. The van der Waals surface area contributed by atoms with Gasteiger partial charge in [-0.05, 0) is 100 Å². The number of hydrogen-bond donors (Lipinski definition) is 1. The number of nitrogens with zero attached hydrogens (tertiary/aromatic N) is 5. The summed E-state index contributed by atoms with van der Waals surface area (Å²) < 4.78 is 83.6. The van der Waals surface area contributed by atoms with Crippen LogP contribution >= 0.6 is 0 Å². The van der Waals surface area contributed by atoms with E-state index in [1.54, 1.807) is 11.9 Å². The van der Waals surface area contributed by atoms with Crippen LogP contribution in [0.3, 0.4) is 0 Å². The second kappa shape index (κ2) is 15.4. The van der Waals surface area contributed by atoms with Crippen molar-refractivity contribution in [3.05, 3.63) is 82.0 Å². The molecule has 16 heteroatoms. The van der Waals surface area contributed by atoms with Crippen LogP contribution in [-0.4, -0.2) is 64.8 Å². The molecule has 6 rings (SSSR count). The molecule has 2 aromatic carbocycles. The van der Waals surface area contributed by atoms with Gasteiger partial charge in [0.15, 0.2) is 17.0 Å². The molecule has 0 aliphatic carbocycles. The van der Waals surface area contributed by atoms with Gasteiger partial charge in [0.2, 0.25) is 11.7 Å². The number of aromatic nitrogens is 1. The Hall–Kier alpha value is -5.01. The Morgan fingerprint density at radius 2 is 1.91 bits per heavy atom. The molecule has 0 saturated carbocycles. The lowest BCUT2D eigenvalue weighted by molar-refractivity contribution is -0.195. The second-order valence-electron chi connectivity index (χ2n) is 14.3. The number of carbonyl (C=O) groups is 2. The molecule has 54 heavy (non-hydrogen) atoms. The molecular weight excluding hydrogens is 715 g/mol. The van der Waals surface area contributed by atoms with Crippen LogP contribution in [0.4, 0.5) is 27.6 Å². The van der Waals surface area contributed by atoms with Gasteiger partial charge < -0.3 is 14.8 Å². The highest BCUT2D eigenvalue weighted by Crippen LogP contribution is 2.49. The molecule has 0 spiro atoms. The SMILES string of the molecule is CC1(C(=O)Nc2ccc(C(F)(F)F)cc2-c2ccnc(C#N)c2)C(=O)N(Cc2ccc(OCCC3CCCOCC3)c(F)c2F)N2CCCC2(C)C1N=O. The van der Waals surface area contributed by atoms with E-state index in [-0.39, 0.29) is 47.0 Å². The van der Waals surface area contributed by atoms with E-state index in [9.17, 15) is 32.9 Å². The van der Waals surface area contributed by atoms with E-state index in [0.29, 0.717) is 38.4 Å². The lowest BCUT2D eigenvalue weighted by atomic mass is 9.68. The number of rotatable bonds is 10. The molecule has 3 aliphatic heterocycles. The van der Waals surface area contributed by atoms with Crippen molar-refractivity contribution >= 4 is 17.5 Å². The number of pyridine rings is 1. The molecule has 2 amide bonds. The van der Waals surface area contributed by atoms with Gasteiger partial charge >= 0.3 is 6.18 Å². The molecule has 3 fully saturated rings. The van der Waals surface area contributed by atoms with Gasteiger partial charge in [-0.3, -0.25) is 14.6 Å². The first-order valence-corrected chi connectivity index (χ1v) is 17.7. The lowest BCUT2D eigenvalue weighted by Crippen LogP contribution is -2.73. The maximum absolute atomic E-state index is 15.7. The number of halogens is 5. The number of alkyl halides is 3. The van der Waals surface area contributed by atoms with E-state index in [4.69, 9.17) is 9.47 Å². The number of anilines is 1. The minimum atomic E-state index is -4.76. The standard InChI is InChI=1S/C38H39F5N6O5/c1-36-13-4-15-49(36)48(22-25-6-9-30(32(40)31(25)39)54-18-12-23-5-3-16-53-17-11-23)35(51)37(2,33(36)47-52)34(50)46-29-8-7-26(38(41,42)43)20-28(29)24-10-14-45-27(19-24)21-44/h6-10,14,19-20,23,33H,3-5,11-13,15-18,22H2,1-2H3,(H,46,50). The molecule has 1 N–H and O–H groups in total. The van der Waals surface area contributed by atoms with E-state index in [0.717, 1.165) is 42.5 Å². The average molecular weight is 755 g/mol. The number of nitrogens with one attached hydrogen (secondary N) is 1. The van der Waals surface area contributed by atoms with Crippen molar-refractivity contribution in [1.82, 2.24) is 15.0 Å². The first-order valence-electron chi connectivity index (χ1n) is 17.7. The minimum Gasteiger partial charge on any atom is -0.490 e. The Kier molecular flexibility index (Phi) is 11.0. The van der Waals surface area contributed by atoms with Crippen molar-refractivity contribution in [2.45, 2.75) is 76.7 Å². The molecule has 286 valence electrons. The molecule has 1 aromatic heterocycles. The van der Waals surface area contributed by atoms with Crippen LogP contribution < -0.4 is 10.1 Å². The maximum Gasteiger partial charge on any atom is 0.416 e. The number of hydrogen-bond acceptors (Lipinski definition) is 9. The third-order valence-corrected chi connectivity index (χ3v) is 10.9. The summed E-state index contributed by atoms with van der Waals surface area (Å²) in [4.78, 5) is 45.4. The van der Waals surface area contributed by atoms with E-state index >= 15 is 8.78 Å². The lowest BCUT2D eigenvalue weighted by Gasteiger charge is -2.55. The monoisotopic (exact) mass is 754 g/mol. The van der Waals surface area contributed by atoms with Gasteiger partial charge in [-0.2, -0.15) is 27.7 Å². The van der Waals surface area contributed by atoms with Crippen molar-refractivity contribution in [2.24, 2.45) is 16.5 Å². The van der Waals surface area contributed by atoms with Gasteiger partial charge in [-0.15, -0.1) is 0 Å². The van der Waals surface area contributed by atoms with Crippen molar-refractivity contribution in [3.63, 3.8) is 0 Å². The zero-order chi connectivity index (χ0) is 38.8. The fraction of sp³-hybridized carbons (Fsp3) is 0.474. The number of amides is 2. The largest absolute Gasteiger partial charge is 0.490 e. The van der Waals surface area contributed by atoms with Crippen LogP contribution in [0.5, 0.6) is 5.75 Å². The van der Waals surface area contributed by atoms with Crippen molar-refractivity contribution in [3.8, 4) is 22.9 Å². The summed E-state index contributed by atoms with van der Waals surface area (Å²) in [5, 5.41) is 17.9. The van der Waals surface area contributed by atoms with Crippen molar-refractivity contribution in [2.75, 3.05) is 31.7 Å². The van der Waals surface area contributed by atoms with Crippen LogP contribution in [0.1, 0.15) is 69.2 Å². The zero-order valence-electron chi connectivity index (χ0n) is 29.7. The van der Waals surface area contributed by atoms with Gasteiger partial charge in [0.05, 0.1) is 24.3 Å². The first kappa shape index (κ1) is 38.7. The number of carbonyl (C=O) groups excluding carboxylic acids is 2. The minimum absolute atomic E-state index is 0.0969. The fourth-order valence-corrected chi connectivity index (χ4v) is 7.90. The van der Waals surface area contributed by atoms with Crippen LogP contribution in [0.15, 0.2) is 53.8 Å². The van der Waals surface area contributed by atoms with E-state index in [1.165, 1.54) is 37.4 Å². The highest BCUT2D eigenvalue weighted by atomic mass is 19.4. The molecule has 0 radical (unpaired) electrons. The van der Waals surface area contributed by atoms with Gasteiger partial charge in [0.1, 0.15) is 17.8 Å². The average Bonchev–Trinajstić information content (AvgIpc) is 3.35. The van der Waals surface area contributed by atoms with Gasteiger partial charge in [-0.25, -0.2) is 14.4 Å². The normalized spacial score (nSPS) is 24.7. The van der Waals surface area contributed by atoms with E-state index in [2.05, 4.69) is 15.5 Å². The highest BCUT2D eigenvalue weighted by molar-refractivity contribution is 6.12. The number of nitroso groups, excluding NO2 is 1. The molecule has 3 aromatic rings. The molecule has 4 heterocycles. The highest BCUT2D eigenvalue weighted by Gasteiger charge is 2.66. The van der Waals surface area contributed by atoms with Crippen LogP contribution in [0.2, 0.25) is 0 Å². The Bertz CT molecular complexity index is 1970. The van der Waals surface area contributed by atoms with E-state index < -0.39 is 58.7 Å². The van der Waals surface area contributed by atoms with Gasteiger partial charge in [0, 0.05) is 42.8 Å². The topological polar surface area (TPSA) is 137 Å². The number of ether oxygens (including phenoxy) is 2. The number of benzene rings is 2. The molecule has 4 atom stereocenters. The predicted octanol–water partition coefficient (Wildman–Crippen LogP) is 7.39. The van der Waals surface area contributed by atoms with E-state index in [1.807, 2.05) is 6.07 Å².